The summed E-state index contributed by atoms with van der Waals surface area (Å²) in [5.41, 5.74) is 7.56. The maximum atomic E-state index is 12.7. The molecule has 106 valence electrons. The first kappa shape index (κ1) is 13.3. The number of nitrogens with two attached hydrogens (primary N) is 1. The molecule has 0 saturated heterocycles. The van der Waals surface area contributed by atoms with Crippen molar-refractivity contribution in [1.29, 1.82) is 0 Å². The summed E-state index contributed by atoms with van der Waals surface area (Å²) in [6.45, 7) is 0.469. The van der Waals surface area contributed by atoms with Gasteiger partial charge in [0.05, 0.1) is 17.6 Å². The van der Waals surface area contributed by atoms with E-state index in [1.807, 2.05) is 36.0 Å². The van der Waals surface area contributed by atoms with Gasteiger partial charge in [0.2, 0.25) is 0 Å². The van der Waals surface area contributed by atoms with Crippen molar-refractivity contribution in [3.63, 3.8) is 0 Å². The van der Waals surface area contributed by atoms with Gasteiger partial charge in [0.1, 0.15) is 5.78 Å². The average Bonchev–Trinajstić information content (AvgIpc) is 3.06. The van der Waals surface area contributed by atoms with E-state index in [4.69, 9.17) is 5.73 Å². The van der Waals surface area contributed by atoms with E-state index in [0.717, 1.165) is 42.3 Å². The molecule has 1 aromatic carbocycles. The first-order valence-electron chi connectivity index (χ1n) is 7.30. The van der Waals surface area contributed by atoms with Gasteiger partial charge in [-0.1, -0.05) is 31.0 Å². The molecule has 1 aromatic heterocycles. The van der Waals surface area contributed by atoms with Gasteiger partial charge >= 0.3 is 0 Å². The van der Waals surface area contributed by atoms with E-state index in [1.165, 1.54) is 0 Å². The first-order valence-corrected chi connectivity index (χ1v) is 7.30. The Kier molecular flexibility index (Phi) is 3.34. The molecule has 1 aliphatic carbocycles. The van der Waals surface area contributed by atoms with Crippen LogP contribution in [0.1, 0.15) is 31.4 Å². The fourth-order valence-electron chi connectivity index (χ4n) is 3.41. The van der Waals surface area contributed by atoms with E-state index in [9.17, 15) is 4.79 Å². The fraction of sp³-hybridized carbons (Fsp3) is 0.500. The molecule has 0 unspecified atom stereocenters. The number of ketones is 1. The van der Waals surface area contributed by atoms with Crippen LogP contribution in [0.4, 0.5) is 0 Å². The Morgan fingerprint density at radius 1 is 1.35 bits per heavy atom. The van der Waals surface area contributed by atoms with Crippen molar-refractivity contribution in [2.24, 2.45) is 18.2 Å². The van der Waals surface area contributed by atoms with E-state index >= 15 is 0 Å². The highest BCUT2D eigenvalue weighted by atomic mass is 16.1. The van der Waals surface area contributed by atoms with Gasteiger partial charge in [-0.3, -0.25) is 9.48 Å². The lowest BCUT2D eigenvalue weighted by molar-refractivity contribution is -0.127. The van der Waals surface area contributed by atoms with E-state index in [1.54, 1.807) is 0 Å². The minimum atomic E-state index is -0.293. The molecule has 2 N–H and O–H groups in total. The second-order valence-corrected chi connectivity index (χ2v) is 5.88. The van der Waals surface area contributed by atoms with E-state index in [-0.39, 0.29) is 11.2 Å². The summed E-state index contributed by atoms with van der Waals surface area (Å²) in [4.78, 5) is 12.7. The SMILES string of the molecule is Cn1nc(CC(=O)C2(CN)CCCC2)c2ccccc21. The Hall–Kier alpha value is -1.68. The number of carbonyl (C=O) groups is 1. The molecular formula is C16H21N3O. The minimum absolute atomic E-state index is 0.265. The standard InChI is InChI=1S/C16H21N3O/c1-19-14-7-3-2-6-12(14)13(18-19)10-15(20)16(11-17)8-4-5-9-16/h2-3,6-7H,4-5,8-11,17H2,1H3. The Balaban J connectivity index is 1.91. The number of Topliss-reactive ketones (excluding diaryl/α,β-unsaturated/α-hetero) is 1. The van der Waals surface area contributed by atoms with E-state index in [0.29, 0.717) is 13.0 Å². The Bertz CT molecular complexity index is 638. The summed E-state index contributed by atoms with van der Waals surface area (Å²) >= 11 is 0. The number of benzene rings is 1. The Labute approximate surface area is 119 Å². The number of hydrogen-bond acceptors (Lipinski definition) is 3. The smallest absolute Gasteiger partial charge is 0.146 e. The van der Waals surface area contributed by atoms with Crippen molar-refractivity contribution < 1.29 is 4.79 Å². The van der Waals surface area contributed by atoms with Crippen LogP contribution in [0.3, 0.4) is 0 Å². The zero-order valence-corrected chi connectivity index (χ0v) is 11.9. The molecule has 1 fully saturated rings. The lowest BCUT2D eigenvalue weighted by Gasteiger charge is -2.24. The van der Waals surface area contributed by atoms with Crippen molar-refractivity contribution in [1.82, 2.24) is 9.78 Å². The zero-order valence-electron chi connectivity index (χ0n) is 11.9. The number of aromatic nitrogens is 2. The van der Waals surface area contributed by atoms with Crippen LogP contribution in [0.5, 0.6) is 0 Å². The Morgan fingerprint density at radius 2 is 2.05 bits per heavy atom. The molecule has 0 aliphatic heterocycles. The molecule has 3 rings (SSSR count). The Morgan fingerprint density at radius 3 is 2.75 bits per heavy atom. The molecule has 0 bridgehead atoms. The molecule has 1 heterocycles. The third-order valence-corrected chi connectivity index (χ3v) is 4.71. The largest absolute Gasteiger partial charge is 0.329 e. The summed E-state index contributed by atoms with van der Waals surface area (Å²) < 4.78 is 1.85. The summed E-state index contributed by atoms with van der Waals surface area (Å²) in [5.74, 6) is 0.265. The predicted octanol–water partition coefficient (Wildman–Crippen LogP) is 2.20. The zero-order chi connectivity index (χ0) is 14.2. The van der Waals surface area contributed by atoms with Gasteiger partial charge < -0.3 is 5.73 Å². The summed E-state index contributed by atoms with van der Waals surface area (Å²) in [7, 11) is 1.92. The molecule has 1 saturated carbocycles. The van der Waals surface area contributed by atoms with Crippen LogP contribution in [0.2, 0.25) is 0 Å². The van der Waals surface area contributed by atoms with Gasteiger partial charge in [0, 0.05) is 24.4 Å². The lowest BCUT2D eigenvalue weighted by atomic mass is 9.80. The molecule has 0 radical (unpaired) electrons. The molecule has 2 aromatic rings. The minimum Gasteiger partial charge on any atom is -0.329 e. The fourth-order valence-corrected chi connectivity index (χ4v) is 3.41. The van der Waals surface area contributed by atoms with Crippen molar-refractivity contribution >= 4 is 16.7 Å². The predicted molar refractivity (Wildman–Crippen MR) is 79.4 cm³/mol. The molecule has 1 aliphatic rings. The van der Waals surface area contributed by atoms with Crippen molar-refractivity contribution in [3.05, 3.63) is 30.0 Å². The monoisotopic (exact) mass is 271 g/mol. The second-order valence-electron chi connectivity index (χ2n) is 5.88. The molecule has 0 spiro atoms. The van der Waals surface area contributed by atoms with Gasteiger partial charge in [-0.15, -0.1) is 0 Å². The number of carbonyl (C=O) groups excluding carboxylic acids is 1. The summed E-state index contributed by atoms with van der Waals surface area (Å²) in [5, 5.41) is 5.60. The molecule has 0 atom stereocenters. The number of hydrogen-bond donors (Lipinski definition) is 1. The highest BCUT2D eigenvalue weighted by Gasteiger charge is 2.39. The van der Waals surface area contributed by atoms with Gasteiger partial charge in [-0.25, -0.2) is 0 Å². The average molecular weight is 271 g/mol. The first-order chi connectivity index (χ1) is 9.66. The van der Waals surface area contributed by atoms with Gasteiger partial charge in [0.25, 0.3) is 0 Å². The van der Waals surface area contributed by atoms with Crippen LogP contribution in [0.15, 0.2) is 24.3 Å². The van der Waals surface area contributed by atoms with Crippen LogP contribution >= 0.6 is 0 Å². The van der Waals surface area contributed by atoms with Crippen molar-refractivity contribution in [2.45, 2.75) is 32.1 Å². The van der Waals surface area contributed by atoms with Gasteiger partial charge in [-0.2, -0.15) is 5.10 Å². The maximum absolute atomic E-state index is 12.7. The van der Waals surface area contributed by atoms with Crippen LogP contribution in [0, 0.1) is 5.41 Å². The van der Waals surface area contributed by atoms with E-state index < -0.39 is 0 Å². The number of aryl methyl sites for hydroxylation is 1. The van der Waals surface area contributed by atoms with Gasteiger partial charge in [-0.05, 0) is 18.9 Å². The van der Waals surface area contributed by atoms with Crippen molar-refractivity contribution in [3.8, 4) is 0 Å². The highest BCUT2D eigenvalue weighted by Crippen LogP contribution is 2.39. The molecule has 20 heavy (non-hydrogen) atoms. The third-order valence-electron chi connectivity index (χ3n) is 4.71. The summed E-state index contributed by atoms with van der Waals surface area (Å²) in [6, 6.07) is 8.06. The molecule has 0 amide bonds. The van der Waals surface area contributed by atoms with Crippen LogP contribution in [-0.4, -0.2) is 22.1 Å². The normalized spacial score (nSPS) is 17.7. The lowest BCUT2D eigenvalue weighted by Crippen LogP contribution is -2.37. The van der Waals surface area contributed by atoms with Crippen LogP contribution in [-0.2, 0) is 18.3 Å². The number of fused-ring (bicyclic) bond motifs is 1. The van der Waals surface area contributed by atoms with E-state index in [2.05, 4.69) is 5.10 Å². The maximum Gasteiger partial charge on any atom is 0.146 e. The number of nitrogens with zero attached hydrogens (tertiary/aromatic N) is 2. The summed E-state index contributed by atoms with van der Waals surface area (Å²) in [6.07, 6.45) is 4.51. The third kappa shape index (κ3) is 2.04. The number of para-hydroxylation sites is 1. The van der Waals surface area contributed by atoms with Crippen molar-refractivity contribution in [2.75, 3.05) is 6.54 Å². The van der Waals surface area contributed by atoms with Gasteiger partial charge in [0.15, 0.2) is 0 Å². The molecule has 4 heteroatoms. The van der Waals surface area contributed by atoms with Crippen LogP contribution < -0.4 is 5.73 Å². The molecular weight excluding hydrogens is 250 g/mol. The molecule has 4 nitrogen and oxygen atoms in total. The number of rotatable bonds is 4. The highest BCUT2D eigenvalue weighted by molar-refractivity contribution is 5.91. The topological polar surface area (TPSA) is 60.9 Å². The quantitative estimate of drug-likeness (QED) is 0.927. The van der Waals surface area contributed by atoms with Crippen LogP contribution in [0.25, 0.3) is 10.9 Å². The second kappa shape index (κ2) is 5.02.